The van der Waals surface area contributed by atoms with Crippen LogP contribution in [0, 0.1) is 5.92 Å². The highest BCUT2D eigenvalue weighted by atomic mass is 16.3. The normalized spacial score (nSPS) is 31.7. The summed E-state index contributed by atoms with van der Waals surface area (Å²) in [5, 5.41) is 11.3. The molecule has 0 bridgehead atoms. The summed E-state index contributed by atoms with van der Waals surface area (Å²) < 4.78 is 0. The molecule has 2 aliphatic heterocycles. The van der Waals surface area contributed by atoms with Crippen molar-refractivity contribution in [2.75, 3.05) is 7.05 Å². The Morgan fingerprint density at radius 3 is 2.38 bits per heavy atom. The zero-order valence-electron chi connectivity index (χ0n) is 13.8. The first-order chi connectivity index (χ1) is 11.6. The van der Waals surface area contributed by atoms with E-state index in [1.54, 1.807) is 22.0 Å². The standard InChI is InChI=1S/C18H23N3O3/c1-20-16-14(15(19-20)11-7-9-13(22)10-8-11)17(23)21(18(16)24)12-5-3-2-4-6-12/h7-10,12,14-16,19,22H,2-6H2,1H3/t14-,15-,16+/m1/s1. The van der Waals surface area contributed by atoms with Crippen LogP contribution >= 0.6 is 0 Å². The van der Waals surface area contributed by atoms with Crippen molar-refractivity contribution in [1.82, 2.24) is 15.3 Å². The second-order valence-electron chi connectivity index (χ2n) is 7.12. The van der Waals surface area contributed by atoms with Crippen LogP contribution in [-0.2, 0) is 9.59 Å². The number of hydrogen-bond donors (Lipinski definition) is 2. The van der Waals surface area contributed by atoms with Crippen LogP contribution in [0.3, 0.4) is 0 Å². The fourth-order valence-corrected chi connectivity index (χ4v) is 4.47. The number of rotatable bonds is 2. The maximum Gasteiger partial charge on any atom is 0.249 e. The van der Waals surface area contributed by atoms with Crippen LogP contribution in [0.15, 0.2) is 24.3 Å². The van der Waals surface area contributed by atoms with Gasteiger partial charge in [0.05, 0.1) is 12.0 Å². The number of hydrazine groups is 1. The second kappa shape index (κ2) is 5.86. The molecule has 128 valence electrons. The molecule has 6 nitrogen and oxygen atoms in total. The fourth-order valence-electron chi connectivity index (χ4n) is 4.47. The zero-order valence-corrected chi connectivity index (χ0v) is 13.8. The topological polar surface area (TPSA) is 72.9 Å². The van der Waals surface area contributed by atoms with Gasteiger partial charge in [-0.2, -0.15) is 0 Å². The number of likely N-dealkylation sites (N-methyl/N-ethyl adjacent to an activating group) is 1. The van der Waals surface area contributed by atoms with E-state index in [9.17, 15) is 14.7 Å². The average molecular weight is 329 g/mol. The lowest BCUT2D eigenvalue weighted by Crippen LogP contribution is -2.47. The summed E-state index contributed by atoms with van der Waals surface area (Å²) in [7, 11) is 1.83. The van der Waals surface area contributed by atoms with E-state index < -0.39 is 12.0 Å². The van der Waals surface area contributed by atoms with Gasteiger partial charge in [-0.15, -0.1) is 0 Å². The first-order valence-electron chi connectivity index (χ1n) is 8.73. The number of phenolic OH excluding ortho intramolecular Hbond substituents is 1. The number of likely N-dealkylation sites (tertiary alicyclic amines) is 1. The minimum Gasteiger partial charge on any atom is -0.508 e. The van der Waals surface area contributed by atoms with Crippen LogP contribution in [0.4, 0.5) is 0 Å². The number of hydrogen-bond acceptors (Lipinski definition) is 5. The van der Waals surface area contributed by atoms with Gasteiger partial charge in [0.1, 0.15) is 11.8 Å². The predicted molar refractivity (Wildman–Crippen MR) is 87.8 cm³/mol. The summed E-state index contributed by atoms with van der Waals surface area (Å²) in [4.78, 5) is 27.6. The molecule has 0 spiro atoms. The van der Waals surface area contributed by atoms with Crippen LogP contribution in [0.5, 0.6) is 5.75 Å². The number of nitrogens with one attached hydrogen (secondary N) is 1. The molecule has 3 fully saturated rings. The number of amides is 2. The molecule has 0 unspecified atom stereocenters. The molecular formula is C18H23N3O3. The Hall–Kier alpha value is -1.92. The minimum absolute atomic E-state index is 0.0492. The summed E-state index contributed by atoms with van der Waals surface area (Å²) in [6.45, 7) is 0. The lowest BCUT2D eigenvalue weighted by atomic mass is 9.90. The van der Waals surface area contributed by atoms with E-state index in [-0.39, 0.29) is 29.6 Å². The quantitative estimate of drug-likeness (QED) is 0.806. The van der Waals surface area contributed by atoms with Crippen LogP contribution in [-0.4, -0.2) is 46.0 Å². The molecule has 4 rings (SSSR count). The summed E-state index contributed by atoms with van der Waals surface area (Å²) in [6.07, 6.45) is 5.23. The highest BCUT2D eigenvalue weighted by molar-refractivity contribution is 6.08. The third-order valence-electron chi connectivity index (χ3n) is 5.66. The van der Waals surface area contributed by atoms with Crippen molar-refractivity contribution in [3.63, 3.8) is 0 Å². The van der Waals surface area contributed by atoms with Gasteiger partial charge in [0.15, 0.2) is 0 Å². The first-order valence-corrected chi connectivity index (χ1v) is 8.73. The number of benzene rings is 1. The molecule has 1 aliphatic carbocycles. The molecule has 3 atom stereocenters. The minimum atomic E-state index is -0.432. The van der Waals surface area contributed by atoms with Crippen LogP contribution in [0.1, 0.15) is 43.7 Å². The molecule has 24 heavy (non-hydrogen) atoms. The Kier molecular flexibility index (Phi) is 3.81. The Morgan fingerprint density at radius 1 is 1.04 bits per heavy atom. The molecule has 1 aromatic carbocycles. The van der Waals surface area contributed by atoms with Crippen LogP contribution in [0.2, 0.25) is 0 Å². The van der Waals surface area contributed by atoms with Crippen molar-refractivity contribution in [3.05, 3.63) is 29.8 Å². The van der Waals surface area contributed by atoms with E-state index in [2.05, 4.69) is 5.43 Å². The van der Waals surface area contributed by atoms with E-state index in [1.165, 1.54) is 6.42 Å². The number of imide groups is 1. The molecule has 1 saturated carbocycles. The summed E-state index contributed by atoms with van der Waals surface area (Å²) in [6, 6.07) is 6.26. The fraction of sp³-hybridized carbons (Fsp3) is 0.556. The molecule has 0 aromatic heterocycles. The molecule has 3 aliphatic rings. The van der Waals surface area contributed by atoms with Crippen molar-refractivity contribution >= 4 is 11.8 Å². The van der Waals surface area contributed by atoms with Gasteiger partial charge in [0.2, 0.25) is 11.8 Å². The summed E-state index contributed by atoms with van der Waals surface area (Å²) in [5.74, 6) is -0.312. The molecule has 2 amide bonds. The molecular weight excluding hydrogens is 306 g/mol. The third-order valence-corrected chi connectivity index (χ3v) is 5.66. The molecule has 2 N–H and O–H groups in total. The van der Waals surface area contributed by atoms with Gasteiger partial charge >= 0.3 is 0 Å². The van der Waals surface area contributed by atoms with E-state index >= 15 is 0 Å². The van der Waals surface area contributed by atoms with Crippen molar-refractivity contribution in [1.29, 1.82) is 0 Å². The third kappa shape index (κ3) is 2.32. The van der Waals surface area contributed by atoms with Crippen LogP contribution in [0.25, 0.3) is 0 Å². The van der Waals surface area contributed by atoms with Gasteiger partial charge in [0, 0.05) is 13.1 Å². The smallest absolute Gasteiger partial charge is 0.249 e. The van der Waals surface area contributed by atoms with E-state index in [0.29, 0.717) is 0 Å². The number of aromatic hydroxyl groups is 1. The maximum atomic E-state index is 13.1. The lowest BCUT2D eigenvalue weighted by Gasteiger charge is -2.31. The lowest BCUT2D eigenvalue weighted by molar-refractivity contribution is -0.144. The molecule has 1 aromatic rings. The zero-order chi connectivity index (χ0) is 16.8. The van der Waals surface area contributed by atoms with E-state index in [4.69, 9.17) is 0 Å². The highest BCUT2D eigenvalue weighted by Gasteiger charge is 2.58. The van der Waals surface area contributed by atoms with Crippen molar-refractivity contribution < 1.29 is 14.7 Å². The Labute approximate surface area is 141 Å². The second-order valence-corrected chi connectivity index (χ2v) is 7.12. The van der Waals surface area contributed by atoms with Gasteiger partial charge in [-0.1, -0.05) is 31.4 Å². The van der Waals surface area contributed by atoms with Crippen molar-refractivity contribution in [2.24, 2.45) is 5.92 Å². The van der Waals surface area contributed by atoms with Gasteiger partial charge in [-0.3, -0.25) is 14.5 Å². The van der Waals surface area contributed by atoms with E-state index in [1.807, 2.05) is 19.2 Å². The molecule has 6 heteroatoms. The Morgan fingerprint density at radius 2 is 1.71 bits per heavy atom. The maximum absolute atomic E-state index is 13.1. The summed E-state index contributed by atoms with van der Waals surface area (Å²) >= 11 is 0. The van der Waals surface area contributed by atoms with Gasteiger partial charge in [-0.05, 0) is 30.5 Å². The first kappa shape index (κ1) is 15.6. The highest BCUT2D eigenvalue weighted by Crippen LogP contribution is 2.41. The Bertz CT molecular complexity index is 654. The number of nitrogens with zero attached hydrogens (tertiary/aromatic N) is 2. The molecule has 2 heterocycles. The number of fused-ring (bicyclic) bond motifs is 1. The molecule has 2 saturated heterocycles. The van der Waals surface area contributed by atoms with Gasteiger partial charge in [-0.25, -0.2) is 10.4 Å². The largest absolute Gasteiger partial charge is 0.508 e. The predicted octanol–water partition coefficient (Wildman–Crippen LogP) is 1.57. The monoisotopic (exact) mass is 329 g/mol. The number of carbonyl (C=O) groups is 2. The van der Waals surface area contributed by atoms with Gasteiger partial charge in [0.25, 0.3) is 0 Å². The van der Waals surface area contributed by atoms with Gasteiger partial charge < -0.3 is 5.11 Å². The summed E-state index contributed by atoms with van der Waals surface area (Å²) in [5.41, 5.74) is 4.17. The SMILES string of the molecule is CN1N[C@H](c2ccc(O)cc2)[C@H]2C(=O)N(C3CCCCC3)C(=O)[C@H]21. The van der Waals surface area contributed by atoms with Crippen molar-refractivity contribution in [3.8, 4) is 5.75 Å². The van der Waals surface area contributed by atoms with Crippen molar-refractivity contribution in [2.45, 2.75) is 50.2 Å². The number of carbonyl (C=O) groups excluding carboxylic acids is 2. The van der Waals surface area contributed by atoms with Crippen LogP contribution < -0.4 is 5.43 Å². The Balaban J connectivity index is 1.64. The average Bonchev–Trinajstić information content (AvgIpc) is 3.06. The number of phenols is 1. The van der Waals surface area contributed by atoms with E-state index in [0.717, 1.165) is 31.2 Å². The molecule has 0 radical (unpaired) electrons.